The van der Waals surface area contributed by atoms with E-state index in [9.17, 15) is 15.2 Å². The fourth-order valence-corrected chi connectivity index (χ4v) is 6.93. The Morgan fingerprint density at radius 2 is 1.85 bits per heavy atom. The first kappa shape index (κ1) is 31.3. The quantitative estimate of drug-likeness (QED) is 0.376. The molecule has 1 amide bonds. The molecule has 0 unspecified atom stereocenters. The van der Waals surface area contributed by atoms with Gasteiger partial charge in [0.15, 0.2) is 12.0 Å². The second-order valence-corrected chi connectivity index (χ2v) is 12.9. The molecule has 1 aliphatic carbocycles. The van der Waals surface area contributed by atoms with E-state index < -0.39 is 18.4 Å². The maximum Gasteiger partial charge on any atom is 0.225 e. The molecule has 246 valence electrons. The number of hydrogen-bond donors (Lipinski definition) is 2. The van der Waals surface area contributed by atoms with E-state index in [1.165, 1.54) is 5.69 Å². The third-order valence-corrected chi connectivity index (χ3v) is 9.80. The summed E-state index contributed by atoms with van der Waals surface area (Å²) >= 11 is 0. The number of nitriles is 1. The molecule has 4 fully saturated rings. The standard InChI is InChI=1S/C35H40FN7O4/c36-30-20-43(35(45)24-1-7-29(44)18-24)12-10-32(30)47-31-8-2-23(17-25(31)19-37)34-38-11-9-33(40-34)39-26-3-5-27(6-4-26)41-13-15-42(16-14-41)28-21-46-22-28/h2-6,8-9,11,17,24,28-30,32,44H,1,7,10,12-16,18,20-22H2,(H,38,39,40)/t24-,29-,30+,32-/m0/s1. The number of aromatic nitrogens is 2. The van der Waals surface area contributed by atoms with Gasteiger partial charge in [-0.15, -0.1) is 0 Å². The van der Waals surface area contributed by atoms with E-state index in [1.807, 2.05) is 12.1 Å². The highest BCUT2D eigenvalue weighted by atomic mass is 19.1. The molecule has 7 rings (SSSR count). The van der Waals surface area contributed by atoms with Crippen LogP contribution in [-0.2, 0) is 9.53 Å². The number of aliphatic hydroxyl groups is 1. The lowest BCUT2D eigenvalue weighted by Crippen LogP contribution is -2.56. The molecule has 0 radical (unpaired) electrons. The van der Waals surface area contributed by atoms with E-state index in [4.69, 9.17) is 9.47 Å². The molecular formula is C35H40FN7O4. The molecule has 1 saturated carbocycles. The van der Waals surface area contributed by atoms with Crippen molar-refractivity contribution >= 4 is 23.1 Å². The van der Waals surface area contributed by atoms with Crippen molar-refractivity contribution in [3.63, 3.8) is 0 Å². The number of amides is 1. The van der Waals surface area contributed by atoms with Gasteiger partial charge in [0.2, 0.25) is 5.91 Å². The van der Waals surface area contributed by atoms with Crippen molar-refractivity contribution in [1.82, 2.24) is 19.8 Å². The van der Waals surface area contributed by atoms with E-state index in [-0.39, 0.29) is 29.7 Å². The van der Waals surface area contributed by atoms with Gasteiger partial charge in [0.1, 0.15) is 23.7 Å². The van der Waals surface area contributed by atoms with Gasteiger partial charge in [0.25, 0.3) is 0 Å². The number of ether oxygens (including phenoxy) is 2. The number of hydrogen-bond acceptors (Lipinski definition) is 10. The molecule has 4 heterocycles. The molecule has 4 aliphatic rings. The maximum atomic E-state index is 15.2. The Balaban J connectivity index is 0.955. The second kappa shape index (κ2) is 13.8. The average Bonchev–Trinajstić information content (AvgIpc) is 3.51. The first-order chi connectivity index (χ1) is 22.9. The molecule has 2 aromatic carbocycles. The lowest BCUT2D eigenvalue weighted by molar-refractivity contribution is -0.139. The number of piperazine rings is 1. The zero-order valence-corrected chi connectivity index (χ0v) is 26.3. The normalized spacial score (nSPS) is 25.2. The third kappa shape index (κ3) is 7.02. The van der Waals surface area contributed by atoms with Crippen LogP contribution in [0.3, 0.4) is 0 Å². The number of benzene rings is 2. The summed E-state index contributed by atoms with van der Waals surface area (Å²) in [7, 11) is 0. The van der Waals surface area contributed by atoms with Crippen LogP contribution >= 0.6 is 0 Å². The Bertz CT molecular complexity index is 1610. The van der Waals surface area contributed by atoms with Gasteiger partial charge in [-0.3, -0.25) is 9.69 Å². The van der Waals surface area contributed by atoms with Crippen LogP contribution in [0, 0.1) is 17.2 Å². The van der Waals surface area contributed by atoms with Gasteiger partial charge < -0.3 is 29.7 Å². The number of anilines is 3. The number of carbonyl (C=O) groups excluding carboxylic acids is 1. The van der Waals surface area contributed by atoms with E-state index in [0.717, 1.165) is 45.1 Å². The summed E-state index contributed by atoms with van der Waals surface area (Å²) in [5, 5.41) is 23.0. The minimum atomic E-state index is -1.39. The van der Waals surface area contributed by atoms with Gasteiger partial charge >= 0.3 is 0 Å². The number of piperidine rings is 1. The van der Waals surface area contributed by atoms with Gasteiger partial charge in [-0.25, -0.2) is 14.4 Å². The summed E-state index contributed by atoms with van der Waals surface area (Å²) in [5.41, 5.74) is 2.99. The minimum Gasteiger partial charge on any atom is -0.486 e. The molecular weight excluding hydrogens is 601 g/mol. The van der Waals surface area contributed by atoms with Crippen molar-refractivity contribution in [2.75, 3.05) is 62.7 Å². The molecule has 3 saturated heterocycles. The monoisotopic (exact) mass is 641 g/mol. The third-order valence-electron chi connectivity index (χ3n) is 9.80. The number of carbonyl (C=O) groups is 1. The summed E-state index contributed by atoms with van der Waals surface area (Å²) in [6, 6.07) is 17.9. The van der Waals surface area contributed by atoms with E-state index >= 15 is 4.39 Å². The zero-order chi connectivity index (χ0) is 32.3. The summed E-state index contributed by atoms with van der Waals surface area (Å²) < 4.78 is 26.5. The van der Waals surface area contributed by atoms with Crippen LogP contribution in [0.25, 0.3) is 11.4 Å². The topological polar surface area (TPSA) is 127 Å². The number of likely N-dealkylation sites (tertiary alicyclic amines) is 1. The Labute approximate surface area is 273 Å². The molecule has 0 bridgehead atoms. The molecule has 4 atom stereocenters. The molecule has 47 heavy (non-hydrogen) atoms. The summed E-state index contributed by atoms with van der Waals surface area (Å²) in [4.78, 5) is 28.4. The molecule has 1 aromatic heterocycles. The van der Waals surface area contributed by atoms with Crippen molar-refractivity contribution < 1.29 is 23.8 Å². The summed E-state index contributed by atoms with van der Waals surface area (Å²) in [6.07, 6.45) is 1.06. The predicted molar refractivity (Wildman–Crippen MR) is 174 cm³/mol. The predicted octanol–water partition coefficient (Wildman–Crippen LogP) is 3.76. The lowest BCUT2D eigenvalue weighted by atomic mass is 10.0. The highest BCUT2D eigenvalue weighted by Gasteiger charge is 2.38. The van der Waals surface area contributed by atoms with Crippen LogP contribution in [0.2, 0.25) is 0 Å². The first-order valence-electron chi connectivity index (χ1n) is 16.5. The van der Waals surface area contributed by atoms with Crippen molar-refractivity contribution in [3.8, 4) is 23.2 Å². The molecule has 11 nitrogen and oxygen atoms in total. The van der Waals surface area contributed by atoms with Crippen LogP contribution in [0.15, 0.2) is 54.7 Å². The molecule has 3 aromatic rings. The smallest absolute Gasteiger partial charge is 0.225 e. The van der Waals surface area contributed by atoms with Crippen LogP contribution in [0.5, 0.6) is 5.75 Å². The second-order valence-electron chi connectivity index (χ2n) is 12.9. The number of alkyl halides is 1. The largest absolute Gasteiger partial charge is 0.486 e. The lowest BCUT2D eigenvalue weighted by Gasteiger charge is -2.43. The highest BCUT2D eigenvalue weighted by molar-refractivity contribution is 5.79. The van der Waals surface area contributed by atoms with Crippen LogP contribution in [-0.4, -0.2) is 108 Å². The zero-order valence-electron chi connectivity index (χ0n) is 26.3. The van der Waals surface area contributed by atoms with Gasteiger partial charge in [0.05, 0.1) is 37.5 Å². The fourth-order valence-electron chi connectivity index (χ4n) is 6.93. The Hall–Kier alpha value is -4.31. The molecule has 2 N–H and O–H groups in total. The fraction of sp³-hybridized carbons (Fsp3) is 0.486. The summed E-state index contributed by atoms with van der Waals surface area (Å²) in [6.45, 7) is 6.10. The van der Waals surface area contributed by atoms with Crippen molar-refractivity contribution in [2.24, 2.45) is 5.92 Å². The van der Waals surface area contributed by atoms with Crippen LogP contribution in [0.1, 0.15) is 31.2 Å². The maximum absolute atomic E-state index is 15.2. The van der Waals surface area contributed by atoms with Crippen LogP contribution < -0.4 is 15.0 Å². The minimum absolute atomic E-state index is 0.0556. The Kier molecular flexibility index (Phi) is 9.20. The van der Waals surface area contributed by atoms with Gasteiger partial charge in [-0.2, -0.15) is 5.26 Å². The number of rotatable bonds is 8. The molecule has 0 spiro atoms. The average molecular weight is 642 g/mol. The Morgan fingerprint density at radius 1 is 1.04 bits per heavy atom. The van der Waals surface area contributed by atoms with Crippen molar-refractivity contribution in [3.05, 3.63) is 60.3 Å². The number of nitrogens with one attached hydrogen (secondary N) is 1. The SMILES string of the molecule is N#Cc1cc(-c2nccc(Nc3ccc(N4CCN(C5COC5)CC4)cc3)n2)ccc1O[C@H]1CCN(C(=O)[C@H]2CC[C@H](O)C2)C[C@H]1F. The highest BCUT2D eigenvalue weighted by Crippen LogP contribution is 2.32. The van der Waals surface area contributed by atoms with Gasteiger partial charge in [-0.1, -0.05) is 0 Å². The molecule has 3 aliphatic heterocycles. The van der Waals surface area contributed by atoms with E-state index in [1.54, 1.807) is 35.4 Å². The number of aliphatic hydroxyl groups excluding tert-OH is 1. The van der Waals surface area contributed by atoms with Crippen LogP contribution in [0.4, 0.5) is 21.6 Å². The van der Waals surface area contributed by atoms with Crippen molar-refractivity contribution in [2.45, 2.75) is 50.1 Å². The van der Waals surface area contributed by atoms with Crippen molar-refractivity contribution in [1.29, 1.82) is 5.26 Å². The number of nitrogens with zero attached hydrogens (tertiary/aromatic N) is 6. The summed E-state index contributed by atoms with van der Waals surface area (Å²) in [5.74, 6) is 1.01. The number of halogens is 1. The van der Waals surface area contributed by atoms with E-state index in [0.29, 0.717) is 55.5 Å². The van der Waals surface area contributed by atoms with E-state index in [2.05, 4.69) is 43.3 Å². The van der Waals surface area contributed by atoms with Gasteiger partial charge in [-0.05, 0) is 67.8 Å². The van der Waals surface area contributed by atoms with Gasteiger partial charge in [0, 0.05) is 68.2 Å². The molecule has 12 heteroatoms. The Morgan fingerprint density at radius 3 is 2.53 bits per heavy atom. The first-order valence-corrected chi connectivity index (χ1v) is 16.5.